The maximum absolute atomic E-state index is 6.11. The summed E-state index contributed by atoms with van der Waals surface area (Å²) >= 11 is 12.2. The Hall–Kier alpha value is -1.32. The molecule has 0 aliphatic carbocycles. The molecule has 2 rings (SSSR count). The second-order valence-corrected chi connectivity index (χ2v) is 6.61. The van der Waals surface area contributed by atoms with E-state index in [1.54, 1.807) is 6.07 Å². The number of aromatic nitrogens is 2. The Bertz CT molecular complexity index is 651. The van der Waals surface area contributed by atoms with E-state index in [-0.39, 0.29) is 5.41 Å². The van der Waals surface area contributed by atoms with Crippen LogP contribution in [-0.4, -0.2) is 9.97 Å². The molecule has 0 saturated carbocycles. The molecule has 21 heavy (non-hydrogen) atoms. The molecule has 112 valence electrons. The van der Waals surface area contributed by atoms with Gasteiger partial charge in [0.1, 0.15) is 16.7 Å². The molecule has 1 aromatic heterocycles. The molecular weight excluding hydrogens is 307 g/mol. The van der Waals surface area contributed by atoms with Crippen molar-refractivity contribution in [2.24, 2.45) is 0 Å². The van der Waals surface area contributed by atoms with E-state index < -0.39 is 0 Å². The standard InChI is InChI=1S/C16H18Cl2N2O/c1-5-10-8-11(6-7-12(10)17)21-14-9-13(18)19-15(20-14)16(2,3)4/h6-9H,5H2,1-4H3. The molecule has 0 spiro atoms. The predicted molar refractivity (Wildman–Crippen MR) is 86.6 cm³/mol. The molecular formula is C16H18Cl2N2O. The molecule has 1 aromatic carbocycles. The summed E-state index contributed by atoms with van der Waals surface area (Å²) < 4.78 is 5.80. The molecule has 0 aliphatic rings. The molecule has 0 fully saturated rings. The van der Waals surface area contributed by atoms with E-state index in [0.717, 1.165) is 17.0 Å². The summed E-state index contributed by atoms with van der Waals surface area (Å²) in [5.74, 6) is 1.77. The lowest BCUT2D eigenvalue weighted by Gasteiger charge is -2.17. The highest BCUT2D eigenvalue weighted by Gasteiger charge is 2.19. The highest BCUT2D eigenvalue weighted by atomic mass is 35.5. The topological polar surface area (TPSA) is 35.0 Å². The van der Waals surface area contributed by atoms with Crippen LogP contribution in [-0.2, 0) is 11.8 Å². The van der Waals surface area contributed by atoms with Crippen molar-refractivity contribution < 1.29 is 4.74 Å². The van der Waals surface area contributed by atoms with Crippen molar-refractivity contribution in [1.82, 2.24) is 9.97 Å². The Balaban J connectivity index is 2.33. The van der Waals surface area contributed by atoms with Crippen LogP contribution in [0.5, 0.6) is 11.6 Å². The lowest BCUT2D eigenvalue weighted by Crippen LogP contribution is -2.16. The summed E-state index contributed by atoms with van der Waals surface area (Å²) in [6, 6.07) is 7.16. The first-order valence-corrected chi connectivity index (χ1v) is 7.56. The number of aryl methyl sites for hydroxylation is 1. The Kier molecular flexibility index (Phi) is 4.74. The van der Waals surface area contributed by atoms with E-state index in [1.165, 1.54) is 0 Å². The van der Waals surface area contributed by atoms with Gasteiger partial charge in [-0.3, -0.25) is 0 Å². The number of ether oxygens (including phenoxy) is 1. The molecule has 0 atom stereocenters. The van der Waals surface area contributed by atoms with E-state index in [1.807, 2.05) is 45.9 Å². The van der Waals surface area contributed by atoms with E-state index in [2.05, 4.69) is 9.97 Å². The van der Waals surface area contributed by atoms with Gasteiger partial charge in [-0.2, -0.15) is 4.98 Å². The van der Waals surface area contributed by atoms with Crippen LogP contribution in [0.15, 0.2) is 24.3 Å². The molecule has 0 aliphatic heterocycles. The van der Waals surface area contributed by atoms with Crippen molar-refractivity contribution in [1.29, 1.82) is 0 Å². The molecule has 3 nitrogen and oxygen atoms in total. The minimum Gasteiger partial charge on any atom is -0.439 e. The summed E-state index contributed by atoms with van der Waals surface area (Å²) in [6.45, 7) is 8.13. The first-order chi connectivity index (χ1) is 9.79. The maximum atomic E-state index is 6.11. The van der Waals surface area contributed by atoms with Crippen molar-refractivity contribution in [2.45, 2.75) is 39.5 Å². The van der Waals surface area contributed by atoms with E-state index in [9.17, 15) is 0 Å². The third-order valence-corrected chi connectivity index (χ3v) is 3.53. The van der Waals surface area contributed by atoms with Crippen molar-refractivity contribution >= 4 is 23.2 Å². The number of rotatable bonds is 3. The number of hydrogen-bond acceptors (Lipinski definition) is 3. The number of benzene rings is 1. The zero-order valence-electron chi connectivity index (χ0n) is 12.6. The van der Waals surface area contributed by atoms with E-state index in [0.29, 0.717) is 22.6 Å². The van der Waals surface area contributed by atoms with Gasteiger partial charge in [0.2, 0.25) is 5.88 Å². The molecule has 2 aromatic rings. The Morgan fingerprint density at radius 3 is 2.43 bits per heavy atom. The molecule has 1 heterocycles. The predicted octanol–water partition coefficient (Wildman–Crippen LogP) is 5.44. The molecule has 0 N–H and O–H groups in total. The fourth-order valence-electron chi connectivity index (χ4n) is 1.79. The van der Waals surface area contributed by atoms with Gasteiger partial charge in [0.25, 0.3) is 0 Å². The summed E-state index contributed by atoms with van der Waals surface area (Å²) in [5, 5.41) is 1.11. The molecule has 0 bridgehead atoms. The van der Waals surface area contributed by atoms with Crippen molar-refractivity contribution in [3.05, 3.63) is 45.8 Å². The minimum atomic E-state index is -0.197. The first kappa shape index (κ1) is 16.1. The molecule has 0 radical (unpaired) electrons. The molecule has 0 unspecified atom stereocenters. The molecule has 5 heteroatoms. The van der Waals surface area contributed by atoms with Crippen molar-refractivity contribution in [2.75, 3.05) is 0 Å². The minimum absolute atomic E-state index is 0.197. The largest absolute Gasteiger partial charge is 0.439 e. The van der Waals surface area contributed by atoms with Gasteiger partial charge in [0.05, 0.1) is 0 Å². The highest BCUT2D eigenvalue weighted by molar-refractivity contribution is 6.31. The highest BCUT2D eigenvalue weighted by Crippen LogP contribution is 2.28. The van der Waals surface area contributed by atoms with Crippen molar-refractivity contribution in [3.63, 3.8) is 0 Å². The summed E-state index contributed by atoms with van der Waals surface area (Å²) in [6.07, 6.45) is 0.841. The van der Waals surface area contributed by atoms with Crippen LogP contribution in [0.3, 0.4) is 0 Å². The van der Waals surface area contributed by atoms with Gasteiger partial charge in [0, 0.05) is 16.5 Å². The lowest BCUT2D eigenvalue weighted by molar-refractivity contribution is 0.445. The van der Waals surface area contributed by atoms with Gasteiger partial charge in [-0.25, -0.2) is 4.98 Å². The zero-order valence-corrected chi connectivity index (χ0v) is 14.1. The second-order valence-electron chi connectivity index (χ2n) is 5.81. The summed E-state index contributed by atoms with van der Waals surface area (Å²) in [4.78, 5) is 8.68. The van der Waals surface area contributed by atoms with Gasteiger partial charge < -0.3 is 4.74 Å². The summed E-state index contributed by atoms with van der Waals surface area (Å²) in [5.41, 5.74) is 0.836. The third kappa shape index (κ3) is 4.08. The van der Waals surface area contributed by atoms with Gasteiger partial charge in [-0.1, -0.05) is 50.9 Å². The fourth-order valence-corrected chi connectivity index (χ4v) is 2.22. The molecule has 0 saturated heterocycles. The second kappa shape index (κ2) is 6.20. The van der Waals surface area contributed by atoms with Crippen LogP contribution in [0, 0.1) is 0 Å². The zero-order chi connectivity index (χ0) is 15.6. The normalized spacial score (nSPS) is 11.5. The monoisotopic (exact) mass is 324 g/mol. The number of nitrogens with zero attached hydrogens (tertiary/aromatic N) is 2. The maximum Gasteiger partial charge on any atom is 0.224 e. The van der Waals surface area contributed by atoms with Crippen LogP contribution in [0.25, 0.3) is 0 Å². The van der Waals surface area contributed by atoms with E-state index in [4.69, 9.17) is 27.9 Å². The van der Waals surface area contributed by atoms with Crippen LogP contribution in [0.2, 0.25) is 10.2 Å². The fraction of sp³-hybridized carbons (Fsp3) is 0.375. The Morgan fingerprint density at radius 2 is 1.81 bits per heavy atom. The first-order valence-electron chi connectivity index (χ1n) is 6.81. The quantitative estimate of drug-likeness (QED) is 0.705. The van der Waals surface area contributed by atoms with Crippen LogP contribution >= 0.6 is 23.2 Å². The third-order valence-electron chi connectivity index (χ3n) is 2.96. The van der Waals surface area contributed by atoms with E-state index >= 15 is 0 Å². The van der Waals surface area contributed by atoms with Crippen molar-refractivity contribution in [3.8, 4) is 11.6 Å². The average molecular weight is 325 g/mol. The van der Waals surface area contributed by atoms with Gasteiger partial charge in [-0.05, 0) is 30.2 Å². The van der Waals surface area contributed by atoms with Gasteiger partial charge in [-0.15, -0.1) is 0 Å². The number of hydrogen-bond donors (Lipinski definition) is 0. The Labute approximate surface area is 135 Å². The van der Waals surface area contributed by atoms with Crippen LogP contribution in [0.1, 0.15) is 39.1 Å². The van der Waals surface area contributed by atoms with Gasteiger partial charge >= 0.3 is 0 Å². The average Bonchev–Trinajstić information content (AvgIpc) is 2.39. The molecule has 0 amide bonds. The SMILES string of the molecule is CCc1cc(Oc2cc(Cl)nc(C(C)(C)C)n2)ccc1Cl. The Morgan fingerprint density at radius 1 is 1.10 bits per heavy atom. The summed E-state index contributed by atoms with van der Waals surface area (Å²) in [7, 11) is 0. The van der Waals surface area contributed by atoms with Crippen LogP contribution in [0.4, 0.5) is 0 Å². The smallest absolute Gasteiger partial charge is 0.224 e. The van der Waals surface area contributed by atoms with Crippen LogP contribution < -0.4 is 4.74 Å². The number of halogens is 2. The van der Waals surface area contributed by atoms with Gasteiger partial charge in [0.15, 0.2) is 0 Å². The lowest BCUT2D eigenvalue weighted by atomic mass is 9.96.